The maximum Gasteiger partial charge on any atom is 0.244 e. The third kappa shape index (κ3) is 3.14. The number of benzene rings is 1. The van der Waals surface area contributed by atoms with Crippen molar-refractivity contribution in [3.63, 3.8) is 0 Å². The first-order valence-corrected chi connectivity index (χ1v) is 7.47. The first kappa shape index (κ1) is 14.5. The molecule has 2 aromatic rings. The predicted molar refractivity (Wildman–Crippen MR) is 73.8 cm³/mol. The van der Waals surface area contributed by atoms with E-state index in [4.69, 9.17) is 4.52 Å². The van der Waals surface area contributed by atoms with Gasteiger partial charge in [0.05, 0.1) is 5.69 Å². The summed E-state index contributed by atoms with van der Waals surface area (Å²) in [7, 11) is -0.463. The molecule has 8 heteroatoms. The summed E-state index contributed by atoms with van der Waals surface area (Å²) in [5.74, 6) is 0.505. The third-order valence-electron chi connectivity index (χ3n) is 2.71. The van der Waals surface area contributed by atoms with Gasteiger partial charge in [-0.05, 0) is 12.1 Å². The summed E-state index contributed by atoms with van der Waals surface area (Å²) in [6, 6.07) is 6.78. The molecule has 0 radical (unpaired) electrons. The van der Waals surface area contributed by atoms with Crippen LogP contribution < -0.4 is 5.32 Å². The normalized spacial score (nSPS) is 11.8. The SMILES string of the molecule is CN(C)S(=O)(=O)c1ccccc1NCCc1ncno1. The van der Waals surface area contributed by atoms with Crippen molar-refractivity contribution >= 4 is 15.7 Å². The third-order valence-corrected chi connectivity index (χ3v) is 4.58. The highest BCUT2D eigenvalue weighted by Crippen LogP contribution is 2.22. The molecule has 0 saturated heterocycles. The molecule has 0 spiro atoms. The number of anilines is 1. The Bertz CT molecular complexity index is 653. The van der Waals surface area contributed by atoms with Gasteiger partial charge in [0.2, 0.25) is 15.9 Å². The molecule has 0 fully saturated rings. The molecule has 7 nitrogen and oxygen atoms in total. The highest BCUT2D eigenvalue weighted by molar-refractivity contribution is 7.89. The summed E-state index contributed by atoms with van der Waals surface area (Å²) < 4.78 is 30.4. The molecule has 1 heterocycles. The summed E-state index contributed by atoms with van der Waals surface area (Å²) in [5, 5.41) is 6.59. The highest BCUT2D eigenvalue weighted by Gasteiger charge is 2.20. The lowest BCUT2D eigenvalue weighted by Crippen LogP contribution is -2.23. The average molecular weight is 296 g/mol. The minimum absolute atomic E-state index is 0.246. The Morgan fingerprint density at radius 1 is 1.30 bits per heavy atom. The Hall–Kier alpha value is -1.93. The largest absolute Gasteiger partial charge is 0.383 e. The van der Waals surface area contributed by atoms with E-state index < -0.39 is 10.0 Å². The van der Waals surface area contributed by atoms with Crippen molar-refractivity contribution in [1.29, 1.82) is 0 Å². The Labute approximate surface area is 117 Å². The number of para-hydroxylation sites is 1. The monoisotopic (exact) mass is 296 g/mol. The maximum absolute atomic E-state index is 12.2. The predicted octanol–water partition coefficient (Wildman–Crippen LogP) is 0.975. The van der Waals surface area contributed by atoms with Gasteiger partial charge in [-0.15, -0.1) is 0 Å². The van der Waals surface area contributed by atoms with Crippen LogP contribution in [0.3, 0.4) is 0 Å². The second kappa shape index (κ2) is 6.02. The lowest BCUT2D eigenvalue weighted by molar-refractivity contribution is 0.380. The fourth-order valence-electron chi connectivity index (χ4n) is 1.64. The van der Waals surface area contributed by atoms with Crippen LogP contribution in [-0.2, 0) is 16.4 Å². The van der Waals surface area contributed by atoms with Crippen molar-refractivity contribution < 1.29 is 12.9 Å². The minimum Gasteiger partial charge on any atom is -0.383 e. The molecule has 2 rings (SSSR count). The van der Waals surface area contributed by atoms with Crippen LogP contribution in [0.25, 0.3) is 0 Å². The summed E-state index contributed by atoms with van der Waals surface area (Å²) in [5.41, 5.74) is 0.556. The smallest absolute Gasteiger partial charge is 0.244 e. The molecular formula is C12H16N4O3S. The second-order valence-electron chi connectivity index (χ2n) is 4.30. The molecule has 0 amide bonds. The summed E-state index contributed by atoms with van der Waals surface area (Å²) in [4.78, 5) is 4.15. The minimum atomic E-state index is -3.47. The molecule has 1 N–H and O–H groups in total. The number of hydrogen-bond donors (Lipinski definition) is 1. The Morgan fingerprint density at radius 3 is 2.70 bits per heavy atom. The van der Waals surface area contributed by atoms with Crippen LogP contribution in [-0.4, -0.2) is 43.5 Å². The van der Waals surface area contributed by atoms with Gasteiger partial charge >= 0.3 is 0 Å². The second-order valence-corrected chi connectivity index (χ2v) is 6.42. The number of nitrogens with one attached hydrogen (secondary N) is 1. The molecule has 0 aliphatic rings. The van der Waals surface area contributed by atoms with Gasteiger partial charge in [0.1, 0.15) is 4.90 Å². The van der Waals surface area contributed by atoms with E-state index >= 15 is 0 Å². The van der Waals surface area contributed by atoms with Crippen LogP contribution in [0, 0.1) is 0 Å². The lowest BCUT2D eigenvalue weighted by Gasteiger charge is -2.15. The van der Waals surface area contributed by atoms with E-state index in [9.17, 15) is 8.42 Å². The van der Waals surface area contributed by atoms with E-state index in [1.165, 1.54) is 24.7 Å². The van der Waals surface area contributed by atoms with Gasteiger partial charge in [-0.3, -0.25) is 0 Å². The molecule has 108 valence electrons. The fourth-order valence-corrected chi connectivity index (χ4v) is 2.71. The van der Waals surface area contributed by atoms with E-state index in [1.54, 1.807) is 24.3 Å². The zero-order chi connectivity index (χ0) is 14.6. The van der Waals surface area contributed by atoms with Gasteiger partial charge in [-0.2, -0.15) is 4.98 Å². The Balaban J connectivity index is 2.12. The van der Waals surface area contributed by atoms with Crippen LogP contribution >= 0.6 is 0 Å². The number of aromatic nitrogens is 2. The van der Waals surface area contributed by atoms with Crippen molar-refractivity contribution in [2.75, 3.05) is 26.0 Å². The summed E-state index contributed by atoms with van der Waals surface area (Å²) in [6.07, 6.45) is 1.86. The number of hydrogen-bond acceptors (Lipinski definition) is 6. The Kier molecular flexibility index (Phi) is 4.35. The van der Waals surface area contributed by atoms with Crippen molar-refractivity contribution in [2.45, 2.75) is 11.3 Å². The van der Waals surface area contributed by atoms with Crippen LogP contribution in [0.15, 0.2) is 40.0 Å². The van der Waals surface area contributed by atoms with Crippen molar-refractivity contribution in [1.82, 2.24) is 14.4 Å². The van der Waals surface area contributed by atoms with Gasteiger partial charge in [0, 0.05) is 27.1 Å². The molecule has 1 aromatic carbocycles. The van der Waals surface area contributed by atoms with Crippen molar-refractivity contribution in [3.8, 4) is 0 Å². The Morgan fingerprint density at radius 2 is 2.05 bits per heavy atom. The van der Waals surface area contributed by atoms with E-state index in [1.807, 2.05) is 0 Å². The van der Waals surface area contributed by atoms with Crippen LogP contribution in [0.5, 0.6) is 0 Å². The lowest BCUT2D eigenvalue weighted by atomic mass is 10.3. The maximum atomic E-state index is 12.2. The summed E-state index contributed by atoms with van der Waals surface area (Å²) >= 11 is 0. The number of rotatable bonds is 6. The van der Waals surface area contributed by atoms with Gasteiger partial charge < -0.3 is 9.84 Å². The summed E-state index contributed by atoms with van der Waals surface area (Å²) in [6.45, 7) is 0.502. The topological polar surface area (TPSA) is 88.3 Å². The molecule has 0 unspecified atom stereocenters. The van der Waals surface area contributed by atoms with E-state index in [2.05, 4.69) is 15.5 Å². The first-order valence-electron chi connectivity index (χ1n) is 6.03. The number of sulfonamides is 1. The molecule has 0 saturated carbocycles. The molecule has 0 atom stereocenters. The molecular weight excluding hydrogens is 280 g/mol. The molecule has 20 heavy (non-hydrogen) atoms. The van der Waals surface area contributed by atoms with Gasteiger partial charge in [0.15, 0.2) is 6.33 Å². The molecule has 0 aliphatic carbocycles. The molecule has 0 aliphatic heterocycles. The molecule has 0 bridgehead atoms. The van der Waals surface area contributed by atoms with Crippen LogP contribution in [0.2, 0.25) is 0 Å². The van der Waals surface area contributed by atoms with E-state index in [-0.39, 0.29) is 4.90 Å². The van der Waals surface area contributed by atoms with Crippen molar-refractivity contribution in [2.24, 2.45) is 0 Å². The average Bonchev–Trinajstić information content (AvgIpc) is 2.92. The standard InChI is InChI=1S/C12H16N4O3S/c1-16(2)20(17,18)11-6-4-3-5-10(11)13-8-7-12-14-9-15-19-12/h3-6,9,13H,7-8H2,1-2H3. The van der Waals surface area contributed by atoms with Crippen molar-refractivity contribution in [3.05, 3.63) is 36.5 Å². The fraction of sp³-hybridized carbons (Fsp3) is 0.333. The number of nitrogens with zero attached hydrogens (tertiary/aromatic N) is 3. The van der Waals surface area contributed by atoms with Crippen LogP contribution in [0.4, 0.5) is 5.69 Å². The van der Waals surface area contributed by atoms with Crippen LogP contribution in [0.1, 0.15) is 5.89 Å². The zero-order valence-corrected chi connectivity index (χ0v) is 12.1. The zero-order valence-electron chi connectivity index (χ0n) is 11.3. The van der Waals surface area contributed by atoms with E-state index in [0.717, 1.165) is 0 Å². The van der Waals surface area contributed by atoms with Gasteiger partial charge in [-0.1, -0.05) is 17.3 Å². The van der Waals surface area contributed by atoms with Gasteiger partial charge in [0.25, 0.3) is 0 Å². The van der Waals surface area contributed by atoms with E-state index in [0.29, 0.717) is 24.5 Å². The first-order chi connectivity index (χ1) is 9.51. The molecule has 1 aromatic heterocycles. The quantitative estimate of drug-likeness (QED) is 0.854. The van der Waals surface area contributed by atoms with Gasteiger partial charge in [-0.25, -0.2) is 12.7 Å². The highest BCUT2D eigenvalue weighted by atomic mass is 32.2.